The third-order valence-corrected chi connectivity index (χ3v) is 14.6. The molecule has 0 atom stereocenters. The van der Waals surface area contributed by atoms with Gasteiger partial charge in [0.2, 0.25) is 0 Å². The Labute approximate surface area is 430 Å². The summed E-state index contributed by atoms with van der Waals surface area (Å²) in [5.74, 6) is 0. The summed E-state index contributed by atoms with van der Waals surface area (Å²) in [5, 5.41) is 7.22. The van der Waals surface area contributed by atoms with Crippen LogP contribution in [0.5, 0.6) is 0 Å². The van der Waals surface area contributed by atoms with Gasteiger partial charge in [-0.1, -0.05) is 176 Å². The average molecular weight is 945 g/mol. The lowest BCUT2D eigenvalue weighted by Crippen LogP contribution is -2.09. The topological polar surface area (TPSA) is 16.3 Å². The number of anilines is 6. The maximum atomic E-state index is 2.50. The van der Waals surface area contributed by atoms with Crippen molar-refractivity contribution in [1.29, 1.82) is 0 Å². The first-order valence-corrected chi connectivity index (χ1v) is 25.3. The zero-order valence-corrected chi connectivity index (χ0v) is 40.5. The van der Waals surface area contributed by atoms with Crippen LogP contribution in [0.25, 0.3) is 88.0 Å². The molecular formula is C70H48N4. The van der Waals surface area contributed by atoms with E-state index in [9.17, 15) is 0 Å². The van der Waals surface area contributed by atoms with Gasteiger partial charge >= 0.3 is 0 Å². The van der Waals surface area contributed by atoms with Crippen LogP contribution in [0, 0.1) is 0 Å². The standard InChI is InChI=1S/C70H48N4/c1-5-22-55(23-6-1)71(56-24-7-2-8-25-56)59-38-32-50(33-39-59)54-37-44-67-65(47-54)69-70(74(67)61-42-34-49-18-13-14-20-53(49)46-61)66-48-62(72(57-26-9-3-10-27-57)58-28-11-4-12-29-58)43-45-68(66)73(69)60-40-35-52(36-41-60)64-31-17-21-51-19-15-16-30-63(51)64/h1-48H. The van der Waals surface area contributed by atoms with E-state index < -0.39 is 0 Å². The van der Waals surface area contributed by atoms with Crippen molar-refractivity contribution in [3.05, 3.63) is 291 Å². The van der Waals surface area contributed by atoms with Crippen LogP contribution in [0.3, 0.4) is 0 Å². The molecule has 0 saturated heterocycles. The number of aromatic nitrogens is 2. The minimum Gasteiger partial charge on any atom is -0.311 e. The van der Waals surface area contributed by atoms with E-state index in [1.807, 2.05) is 0 Å². The first-order chi connectivity index (χ1) is 36.7. The monoisotopic (exact) mass is 944 g/mol. The molecule has 74 heavy (non-hydrogen) atoms. The molecule has 4 heteroatoms. The summed E-state index contributed by atoms with van der Waals surface area (Å²) in [6.45, 7) is 0. The predicted molar refractivity (Wildman–Crippen MR) is 313 cm³/mol. The van der Waals surface area contributed by atoms with E-state index in [4.69, 9.17) is 0 Å². The van der Waals surface area contributed by atoms with E-state index in [0.717, 1.165) is 84.1 Å². The number of nitrogens with zero attached hydrogens (tertiary/aromatic N) is 4. The largest absolute Gasteiger partial charge is 0.311 e. The van der Waals surface area contributed by atoms with Gasteiger partial charge in [0.25, 0.3) is 0 Å². The van der Waals surface area contributed by atoms with Gasteiger partial charge in [0.15, 0.2) is 0 Å². The highest BCUT2D eigenvalue weighted by Gasteiger charge is 2.25. The van der Waals surface area contributed by atoms with Crippen LogP contribution in [0.15, 0.2) is 291 Å². The molecule has 2 heterocycles. The number of hydrogen-bond acceptors (Lipinski definition) is 2. The lowest BCUT2D eigenvalue weighted by Gasteiger charge is -2.25. The van der Waals surface area contributed by atoms with Crippen molar-refractivity contribution in [2.24, 2.45) is 0 Å². The minimum atomic E-state index is 1.08. The van der Waals surface area contributed by atoms with Gasteiger partial charge in [-0.2, -0.15) is 0 Å². The van der Waals surface area contributed by atoms with Gasteiger partial charge in [-0.3, -0.25) is 0 Å². The lowest BCUT2D eigenvalue weighted by molar-refractivity contribution is 1.18. The average Bonchev–Trinajstić information content (AvgIpc) is 3.99. The summed E-state index contributed by atoms with van der Waals surface area (Å²) in [4.78, 5) is 4.68. The predicted octanol–water partition coefficient (Wildman–Crippen LogP) is 19.3. The number of rotatable bonds is 10. The van der Waals surface area contributed by atoms with Crippen molar-refractivity contribution in [3.63, 3.8) is 0 Å². The van der Waals surface area contributed by atoms with E-state index in [2.05, 4.69) is 310 Å². The Kier molecular flexibility index (Phi) is 10.5. The van der Waals surface area contributed by atoms with E-state index in [1.165, 1.54) is 38.1 Å². The molecule has 0 fully saturated rings. The van der Waals surface area contributed by atoms with Crippen molar-refractivity contribution in [3.8, 4) is 33.6 Å². The number of hydrogen-bond donors (Lipinski definition) is 0. The Balaban J connectivity index is 1.02. The summed E-state index contributed by atoms with van der Waals surface area (Å²) >= 11 is 0. The second kappa shape index (κ2) is 18.1. The molecule has 0 saturated carbocycles. The van der Waals surface area contributed by atoms with Crippen LogP contribution in [0.4, 0.5) is 34.1 Å². The molecule has 0 aliphatic rings. The zero-order chi connectivity index (χ0) is 49.0. The third-order valence-electron chi connectivity index (χ3n) is 14.6. The lowest BCUT2D eigenvalue weighted by atomic mass is 9.98. The molecule has 0 spiro atoms. The quantitative estimate of drug-likeness (QED) is 0.136. The maximum absolute atomic E-state index is 2.50. The Morgan fingerprint density at radius 3 is 1.28 bits per heavy atom. The molecule has 348 valence electrons. The van der Waals surface area contributed by atoms with Crippen molar-refractivity contribution in [1.82, 2.24) is 9.13 Å². The molecule has 4 nitrogen and oxygen atoms in total. The van der Waals surface area contributed by atoms with Crippen LogP contribution in [-0.2, 0) is 0 Å². The number of benzene rings is 12. The Morgan fingerprint density at radius 2 is 0.662 bits per heavy atom. The fraction of sp³-hybridized carbons (Fsp3) is 0. The van der Waals surface area contributed by atoms with Crippen LogP contribution >= 0.6 is 0 Å². The minimum absolute atomic E-state index is 1.08. The second-order valence-electron chi connectivity index (χ2n) is 19.0. The van der Waals surface area contributed by atoms with E-state index in [-0.39, 0.29) is 0 Å². The van der Waals surface area contributed by atoms with Crippen molar-refractivity contribution >= 4 is 88.5 Å². The molecule has 14 aromatic rings. The van der Waals surface area contributed by atoms with Crippen LogP contribution in [-0.4, -0.2) is 9.13 Å². The van der Waals surface area contributed by atoms with Crippen molar-refractivity contribution in [2.75, 3.05) is 9.80 Å². The van der Waals surface area contributed by atoms with Gasteiger partial charge < -0.3 is 18.9 Å². The van der Waals surface area contributed by atoms with Crippen molar-refractivity contribution < 1.29 is 0 Å². The molecule has 0 N–H and O–H groups in total. The Hall–Kier alpha value is -9.90. The molecule has 2 aromatic heterocycles. The van der Waals surface area contributed by atoms with Crippen LogP contribution in [0.2, 0.25) is 0 Å². The third kappa shape index (κ3) is 7.39. The van der Waals surface area contributed by atoms with E-state index >= 15 is 0 Å². The SMILES string of the molecule is c1ccc(N(c2ccccc2)c2ccc(-c3ccc4c(c3)c3c(c5cc(N(c6ccccc6)c6ccccc6)ccc5n3-c3ccc(-c5cccc6ccccc56)cc3)n4-c3ccc4ccccc4c3)cc2)cc1. The first kappa shape index (κ1) is 42.9. The van der Waals surface area contributed by atoms with Gasteiger partial charge in [-0.25, -0.2) is 0 Å². The zero-order valence-electron chi connectivity index (χ0n) is 40.5. The normalized spacial score (nSPS) is 11.5. The Morgan fingerprint density at radius 1 is 0.230 bits per heavy atom. The summed E-state index contributed by atoms with van der Waals surface area (Å²) in [6, 6.07) is 106. The fourth-order valence-electron chi connectivity index (χ4n) is 11.2. The van der Waals surface area contributed by atoms with Gasteiger partial charge in [-0.15, -0.1) is 0 Å². The highest BCUT2D eigenvalue weighted by Crippen LogP contribution is 2.46. The van der Waals surface area contributed by atoms with Gasteiger partial charge in [0, 0.05) is 56.3 Å². The highest BCUT2D eigenvalue weighted by molar-refractivity contribution is 6.21. The molecule has 0 aliphatic heterocycles. The smallest absolute Gasteiger partial charge is 0.0804 e. The number of para-hydroxylation sites is 4. The maximum Gasteiger partial charge on any atom is 0.0804 e. The van der Waals surface area contributed by atoms with E-state index in [1.54, 1.807) is 0 Å². The molecule has 0 aliphatic carbocycles. The molecule has 0 radical (unpaired) electrons. The number of fused-ring (bicyclic) bond motifs is 7. The summed E-state index contributed by atoms with van der Waals surface area (Å²) in [6.07, 6.45) is 0. The van der Waals surface area contributed by atoms with E-state index in [0.29, 0.717) is 0 Å². The summed E-state index contributed by atoms with van der Waals surface area (Å²) < 4.78 is 5.01. The van der Waals surface area contributed by atoms with Gasteiger partial charge in [0.1, 0.15) is 0 Å². The van der Waals surface area contributed by atoms with Gasteiger partial charge in [0.05, 0.1) is 22.1 Å². The Bertz CT molecular complexity index is 4250. The summed E-state index contributed by atoms with van der Waals surface area (Å²) in [5.41, 5.74) is 18.1. The molecule has 0 unspecified atom stereocenters. The molecular weight excluding hydrogens is 897 g/mol. The summed E-state index contributed by atoms with van der Waals surface area (Å²) in [7, 11) is 0. The van der Waals surface area contributed by atoms with Crippen LogP contribution < -0.4 is 9.80 Å². The van der Waals surface area contributed by atoms with Crippen molar-refractivity contribution in [2.45, 2.75) is 0 Å². The first-order valence-electron chi connectivity index (χ1n) is 25.3. The molecule has 0 bridgehead atoms. The fourth-order valence-corrected chi connectivity index (χ4v) is 11.2. The van der Waals surface area contributed by atoms with Gasteiger partial charge in [-0.05, 0) is 159 Å². The highest BCUT2D eigenvalue weighted by atomic mass is 15.1. The van der Waals surface area contributed by atoms with Crippen LogP contribution in [0.1, 0.15) is 0 Å². The molecule has 12 aromatic carbocycles. The molecule has 0 amide bonds. The molecule has 14 rings (SSSR count). The second-order valence-corrected chi connectivity index (χ2v) is 19.0.